The lowest BCUT2D eigenvalue weighted by atomic mass is 9.94. The largest absolute Gasteiger partial charge is 0.356 e. The van der Waals surface area contributed by atoms with E-state index in [-0.39, 0.29) is 35.4 Å². The van der Waals surface area contributed by atoms with E-state index in [9.17, 15) is 14.4 Å². The van der Waals surface area contributed by atoms with Gasteiger partial charge in [0.1, 0.15) is 12.6 Å². The minimum Gasteiger partial charge on any atom is -0.356 e. The van der Waals surface area contributed by atoms with Gasteiger partial charge in [0.15, 0.2) is 0 Å². The van der Waals surface area contributed by atoms with Crippen molar-refractivity contribution < 1.29 is 14.4 Å². The molecular formula is C21H18N4O3S. The maximum absolute atomic E-state index is 13.2. The van der Waals surface area contributed by atoms with Crippen LogP contribution in [0, 0.1) is 0 Å². The molecule has 3 amide bonds. The standard InChI is InChI=1S/C21H18N4O3S/c26-17(11-25-18(27)12-29-21(25)28)24-10-8-14-13-5-1-2-6-15(13)23-19(14)20(24)16-7-3-4-9-22-16/h1-7,9,20,23H,8,10-12H2/t20-/m0/s1. The summed E-state index contributed by atoms with van der Waals surface area (Å²) >= 11 is 0.939. The lowest BCUT2D eigenvalue weighted by Crippen LogP contribution is -2.46. The minimum atomic E-state index is -0.389. The molecule has 0 saturated carbocycles. The number of pyridine rings is 1. The molecule has 2 aromatic heterocycles. The molecule has 0 bridgehead atoms. The molecule has 29 heavy (non-hydrogen) atoms. The highest BCUT2D eigenvalue weighted by Gasteiger charge is 2.38. The topological polar surface area (TPSA) is 86.4 Å². The van der Waals surface area contributed by atoms with Gasteiger partial charge in [-0.1, -0.05) is 36.0 Å². The van der Waals surface area contributed by atoms with E-state index in [0.29, 0.717) is 13.0 Å². The summed E-state index contributed by atoms with van der Waals surface area (Å²) in [6, 6.07) is 13.3. The van der Waals surface area contributed by atoms with Crippen LogP contribution in [0.3, 0.4) is 0 Å². The number of nitrogens with one attached hydrogen (secondary N) is 1. The van der Waals surface area contributed by atoms with Gasteiger partial charge in [0.25, 0.3) is 5.24 Å². The van der Waals surface area contributed by atoms with E-state index >= 15 is 0 Å². The molecule has 0 aliphatic carbocycles. The van der Waals surface area contributed by atoms with Gasteiger partial charge >= 0.3 is 0 Å². The molecule has 0 spiro atoms. The van der Waals surface area contributed by atoms with Crippen LogP contribution in [0.1, 0.15) is 23.0 Å². The lowest BCUT2D eigenvalue weighted by molar-refractivity contribution is -0.138. The molecule has 1 saturated heterocycles. The number of amides is 3. The number of hydrogen-bond acceptors (Lipinski definition) is 5. The maximum Gasteiger partial charge on any atom is 0.289 e. The van der Waals surface area contributed by atoms with Crippen molar-refractivity contribution in [1.82, 2.24) is 19.8 Å². The zero-order chi connectivity index (χ0) is 20.0. The molecule has 3 aromatic rings. The summed E-state index contributed by atoms with van der Waals surface area (Å²) in [7, 11) is 0. The normalized spacial score (nSPS) is 19.1. The van der Waals surface area contributed by atoms with Crippen LogP contribution in [-0.2, 0) is 16.0 Å². The van der Waals surface area contributed by atoms with Crippen molar-refractivity contribution in [2.24, 2.45) is 0 Å². The van der Waals surface area contributed by atoms with E-state index in [2.05, 4.69) is 16.0 Å². The number of H-pyrrole nitrogens is 1. The molecule has 1 aromatic carbocycles. The second-order valence-electron chi connectivity index (χ2n) is 7.09. The number of aromatic nitrogens is 2. The summed E-state index contributed by atoms with van der Waals surface area (Å²) in [5.74, 6) is -0.470. The van der Waals surface area contributed by atoms with Crippen LogP contribution in [0.5, 0.6) is 0 Å². The average molecular weight is 406 g/mol. The Hall–Kier alpha value is -3.13. The van der Waals surface area contributed by atoms with Gasteiger partial charge in [0.05, 0.1) is 11.4 Å². The van der Waals surface area contributed by atoms with E-state index < -0.39 is 0 Å². The SMILES string of the molecule is O=C1CSC(=O)N1CC(=O)N1CCc2c([nH]c3ccccc23)[C@@H]1c1ccccn1. The Morgan fingerprint density at radius 2 is 2.00 bits per heavy atom. The first-order valence-electron chi connectivity index (χ1n) is 9.40. The minimum absolute atomic E-state index is 0.0992. The summed E-state index contributed by atoms with van der Waals surface area (Å²) < 4.78 is 0. The van der Waals surface area contributed by atoms with Gasteiger partial charge in [-0.2, -0.15) is 0 Å². The van der Waals surface area contributed by atoms with Crippen LogP contribution in [0.4, 0.5) is 4.79 Å². The Labute approximate surface area is 171 Å². The third kappa shape index (κ3) is 3.00. The van der Waals surface area contributed by atoms with Crippen LogP contribution < -0.4 is 0 Å². The summed E-state index contributed by atoms with van der Waals surface area (Å²) in [6.45, 7) is 0.266. The highest BCUT2D eigenvalue weighted by molar-refractivity contribution is 8.14. The molecule has 5 rings (SSSR count). The Balaban J connectivity index is 1.55. The van der Waals surface area contributed by atoms with E-state index in [1.807, 2.05) is 36.4 Å². The molecule has 2 aliphatic rings. The van der Waals surface area contributed by atoms with Gasteiger partial charge in [-0.3, -0.25) is 24.3 Å². The highest BCUT2D eigenvalue weighted by Crippen LogP contribution is 2.37. The molecule has 1 fully saturated rings. The van der Waals surface area contributed by atoms with Gasteiger partial charge in [-0.05, 0) is 30.2 Å². The molecule has 7 nitrogen and oxygen atoms in total. The Morgan fingerprint density at radius 3 is 2.76 bits per heavy atom. The fraction of sp³-hybridized carbons (Fsp3) is 0.238. The number of para-hydroxylation sites is 1. The van der Waals surface area contributed by atoms with Crippen LogP contribution >= 0.6 is 11.8 Å². The van der Waals surface area contributed by atoms with Crippen molar-refractivity contribution in [2.75, 3.05) is 18.8 Å². The fourth-order valence-electron chi connectivity index (χ4n) is 4.11. The van der Waals surface area contributed by atoms with Crippen molar-refractivity contribution in [2.45, 2.75) is 12.5 Å². The zero-order valence-electron chi connectivity index (χ0n) is 15.5. The average Bonchev–Trinajstić information content (AvgIpc) is 3.28. The number of carbonyl (C=O) groups excluding carboxylic acids is 3. The quantitative estimate of drug-likeness (QED) is 0.723. The second kappa shape index (κ2) is 7.04. The van der Waals surface area contributed by atoms with Gasteiger partial charge in [-0.25, -0.2) is 0 Å². The number of fused-ring (bicyclic) bond motifs is 3. The smallest absolute Gasteiger partial charge is 0.289 e. The molecule has 4 heterocycles. The van der Waals surface area contributed by atoms with E-state index in [1.54, 1.807) is 11.1 Å². The Bertz CT molecular complexity index is 1110. The van der Waals surface area contributed by atoms with Crippen molar-refractivity contribution in [3.05, 3.63) is 65.6 Å². The number of hydrogen-bond donors (Lipinski definition) is 1. The van der Waals surface area contributed by atoms with Crippen molar-refractivity contribution >= 4 is 39.7 Å². The number of rotatable bonds is 3. The van der Waals surface area contributed by atoms with Crippen LogP contribution in [0.15, 0.2) is 48.7 Å². The van der Waals surface area contributed by atoms with E-state index in [4.69, 9.17) is 0 Å². The predicted molar refractivity (Wildman–Crippen MR) is 109 cm³/mol. The molecule has 8 heteroatoms. The fourth-order valence-corrected chi connectivity index (χ4v) is 4.84. The number of imide groups is 1. The van der Waals surface area contributed by atoms with Crippen LogP contribution in [-0.4, -0.2) is 55.7 Å². The van der Waals surface area contributed by atoms with Crippen LogP contribution in [0.2, 0.25) is 0 Å². The van der Waals surface area contributed by atoms with Gasteiger partial charge < -0.3 is 9.88 Å². The lowest BCUT2D eigenvalue weighted by Gasteiger charge is -2.36. The molecule has 0 unspecified atom stereocenters. The Kier molecular flexibility index (Phi) is 4.35. The first-order chi connectivity index (χ1) is 14.1. The third-order valence-corrected chi connectivity index (χ3v) is 6.32. The van der Waals surface area contributed by atoms with Crippen molar-refractivity contribution in [3.63, 3.8) is 0 Å². The molecule has 1 N–H and O–H groups in total. The maximum atomic E-state index is 13.2. The molecule has 0 radical (unpaired) electrons. The van der Waals surface area contributed by atoms with Gasteiger partial charge in [-0.15, -0.1) is 0 Å². The highest BCUT2D eigenvalue weighted by atomic mass is 32.2. The Morgan fingerprint density at radius 1 is 1.17 bits per heavy atom. The number of nitrogens with zero attached hydrogens (tertiary/aromatic N) is 3. The predicted octanol–water partition coefficient (Wildman–Crippen LogP) is 2.73. The number of aromatic amines is 1. The molecular weight excluding hydrogens is 388 g/mol. The van der Waals surface area contributed by atoms with Gasteiger partial charge in [0.2, 0.25) is 11.8 Å². The zero-order valence-corrected chi connectivity index (χ0v) is 16.3. The third-order valence-electron chi connectivity index (χ3n) is 5.46. The van der Waals surface area contributed by atoms with Crippen molar-refractivity contribution in [3.8, 4) is 0 Å². The first-order valence-corrected chi connectivity index (χ1v) is 10.4. The molecule has 146 valence electrons. The first kappa shape index (κ1) is 17.9. The monoisotopic (exact) mass is 406 g/mol. The molecule has 2 aliphatic heterocycles. The number of carbonyl (C=O) groups is 3. The summed E-state index contributed by atoms with van der Waals surface area (Å²) in [6.07, 6.45) is 2.41. The number of thioether (sulfide) groups is 1. The molecule has 1 atom stereocenters. The number of benzene rings is 1. The summed E-state index contributed by atoms with van der Waals surface area (Å²) in [4.78, 5) is 47.8. The van der Waals surface area contributed by atoms with E-state index in [1.165, 1.54) is 5.56 Å². The van der Waals surface area contributed by atoms with Crippen LogP contribution in [0.25, 0.3) is 10.9 Å². The summed E-state index contributed by atoms with van der Waals surface area (Å²) in [5.41, 5.74) is 3.90. The van der Waals surface area contributed by atoms with Gasteiger partial charge in [0, 0.05) is 29.3 Å². The summed E-state index contributed by atoms with van der Waals surface area (Å²) in [5, 5.41) is 0.790. The van der Waals surface area contributed by atoms with E-state index in [0.717, 1.165) is 39.0 Å². The van der Waals surface area contributed by atoms with Crippen molar-refractivity contribution in [1.29, 1.82) is 0 Å². The second-order valence-corrected chi connectivity index (χ2v) is 8.02.